The van der Waals surface area contributed by atoms with Crippen LogP contribution in [0.15, 0.2) is 103 Å². The number of hydrogen-bond donors (Lipinski definition) is 0. The van der Waals surface area contributed by atoms with Crippen LogP contribution < -0.4 is 14.7 Å². The molecule has 0 bridgehead atoms. The Balaban J connectivity index is 1.34. The Labute approximate surface area is 234 Å². The number of non-ortho nitro benzene ring substituents is 1. The zero-order chi connectivity index (χ0) is 28.7. The van der Waals surface area contributed by atoms with Gasteiger partial charge in [0.15, 0.2) is 6.10 Å². The summed E-state index contributed by atoms with van der Waals surface area (Å²) in [6.45, 7) is 1.91. The van der Waals surface area contributed by atoms with Crippen molar-refractivity contribution in [2.24, 2.45) is 5.92 Å². The lowest BCUT2D eigenvalue weighted by Crippen LogP contribution is -2.37. The number of esters is 1. The van der Waals surface area contributed by atoms with Gasteiger partial charge in [0.25, 0.3) is 11.6 Å². The van der Waals surface area contributed by atoms with Gasteiger partial charge in [0, 0.05) is 12.1 Å². The van der Waals surface area contributed by atoms with Crippen LogP contribution in [-0.4, -0.2) is 28.8 Å². The maximum absolute atomic E-state index is 13.8. The van der Waals surface area contributed by atoms with Crippen LogP contribution in [0.4, 0.5) is 17.1 Å². The van der Waals surface area contributed by atoms with Crippen LogP contribution in [-0.2, 0) is 14.4 Å². The number of carbonyl (C=O) groups is 3. The average Bonchev–Trinajstić information content (AvgIpc) is 3.50. The summed E-state index contributed by atoms with van der Waals surface area (Å²) < 4.78 is 5.50. The van der Waals surface area contributed by atoms with E-state index < -0.39 is 40.8 Å². The number of rotatable bonds is 6. The molecule has 4 aromatic carbocycles. The molecule has 2 amide bonds. The van der Waals surface area contributed by atoms with E-state index in [1.165, 1.54) is 29.3 Å². The predicted molar refractivity (Wildman–Crippen MR) is 148 cm³/mol. The van der Waals surface area contributed by atoms with Gasteiger partial charge in [-0.05, 0) is 61.0 Å². The standard InChI is InChI=1S/C31H23N3O7/c1-19-7-11-22(12-8-19)32-29(35)26-27(20-9-17-25(18-10-20)40-31(37)21-5-3-2-4-6-21)33(41-28(26)30(32)36)23-13-15-24(16-14-23)34(38)39/h2-18,26-28H,1H3. The second kappa shape index (κ2) is 10.3. The largest absolute Gasteiger partial charge is 0.423 e. The maximum atomic E-state index is 13.8. The zero-order valence-corrected chi connectivity index (χ0v) is 21.7. The number of anilines is 2. The first-order valence-electron chi connectivity index (χ1n) is 12.8. The lowest BCUT2D eigenvalue weighted by Gasteiger charge is -2.28. The van der Waals surface area contributed by atoms with Gasteiger partial charge in [0.05, 0.1) is 27.9 Å². The lowest BCUT2D eigenvalue weighted by molar-refractivity contribution is -0.384. The van der Waals surface area contributed by atoms with E-state index in [0.717, 1.165) is 10.5 Å². The summed E-state index contributed by atoms with van der Waals surface area (Å²) in [5.41, 5.74) is 2.80. The molecule has 41 heavy (non-hydrogen) atoms. The first-order valence-corrected chi connectivity index (χ1v) is 12.8. The van der Waals surface area contributed by atoms with E-state index in [0.29, 0.717) is 28.3 Å². The molecule has 6 rings (SSSR count). The highest BCUT2D eigenvalue weighted by Gasteiger charge is 2.60. The molecule has 3 unspecified atom stereocenters. The van der Waals surface area contributed by atoms with E-state index in [1.54, 1.807) is 66.7 Å². The Morgan fingerprint density at radius 1 is 0.829 bits per heavy atom. The molecule has 0 aliphatic carbocycles. The topological polar surface area (TPSA) is 119 Å². The highest BCUT2D eigenvalue weighted by molar-refractivity contribution is 6.23. The molecule has 2 fully saturated rings. The molecular weight excluding hydrogens is 526 g/mol. The van der Waals surface area contributed by atoms with Gasteiger partial charge < -0.3 is 4.74 Å². The molecule has 0 radical (unpaired) electrons. The zero-order valence-electron chi connectivity index (χ0n) is 21.7. The number of nitro groups is 1. The third-order valence-electron chi connectivity index (χ3n) is 7.16. The first-order chi connectivity index (χ1) is 19.8. The van der Waals surface area contributed by atoms with Crippen LogP contribution in [0.3, 0.4) is 0 Å². The van der Waals surface area contributed by atoms with Crippen molar-refractivity contribution < 1.29 is 28.9 Å². The molecule has 0 aromatic heterocycles. The number of hydrogen-bond acceptors (Lipinski definition) is 8. The second-order valence-electron chi connectivity index (χ2n) is 9.77. The quantitative estimate of drug-likeness (QED) is 0.106. The van der Waals surface area contributed by atoms with E-state index in [-0.39, 0.29) is 5.69 Å². The fourth-order valence-corrected chi connectivity index (χ4v) is 5.12. The minimum Gasteiger partial charge on any atom is -0.423 e. The van der Waals surface area contributed by atoms with Gasteiger partial charge in [-0.1, -0.05) is 48.0 Å². The van der Waals surface area contributed by atoms with Gasteiger partial charge in [-0.2, -0.15) is 0 Å². The molecule has 10 nitrogen and oxygen atoms in total. The van der Waals surface area contributed by atoms with Crippen molar-refractivity contribution in [2.75, 3.05) is 9.96 Å². The number of aryl methyl sites for hydroxylation is 1. The molecule has 0 spiro atoms. The predicted octanol–water partition coefficient (Wildman–Crippen LogP) is 5.17. The number of fused-ring (bicyclic) bond motifs is 1. The number of benzene rings is 4. The molecule has 204 valence electrons. The molecule has 4 aromatic rings. The summed E-state index contributed by atoms with van der Waals surface area (Å²) in [6.07, 6.45) is -1.10. The highest BCUT2D eigenvalue weighted by Crippen LogP contribution is 2.48. The number of carbonyl (C=O) groups excluding carboxylic acids is 3. The van der Waals surface area contributed by atoms with Gasteiger partial charge in [0.1, 0.15) is 11.7 Å². The van der Waals surface area contributed by atoms with Crippen molar-refractivity contribution in [3.8, 4) is 5.75 Å². The van der Waals surface area contributed by atoms with Crippen molar-refractivity contribution in [3.05, 3.63) is 130 Å². The molecule has 2 aliphatic rings. The van der Waals surface area contributed by atoms with Gasteiger partial charge in [-0.3, -0.25) is 24.5 Å². The van der Waals surface area contributed by atoms with E-state index in [2.05, 4.69) is 0 Å². The summed E-state index contributed by atoms with van der Waals surface area (Å²) in [6, 6.07) is 27.2. The fraction of sp³-hybridized carbons (Fsp3) is 0.129. The van der Waals surface area contributed by atoms with Gasteiger partial charge >= 0.3 is 5.97 Å². The first kappa shape index (κ1) is 25.9. The van der Waals surface area contributed by atoms with Crippen LogP contribution in [0.25, 0.3) is 0 Å². The Kier molecular flexibility index (Phi) is 6.52. The maximum Gasteiger partial charge on any atom is 0.343 e. The minimum atomic E-state index is -1.10. The molecule has 0 N–H and O–H groups in total. The van der Waals surface area contributed by atoms with Crippen molar-refractivity contribution in [2.45, 2.75) is 19.1 Å². The molecule has 10 heteroatoms. The number of amides is 2. The number of nitro benzene ring substituents is 1. The lowest BCUT2D eigenvalue weighted by atomic mass is 9.90. The number of hydroxylamine groups is 1. The van der Waals surface area contributed by atoms with E-state index in [1.807, 2.05) is 19.1 Å². The SMILES string of the molecule is Cc1ccc(N2C(=O)C3ON(c4ccc([N+](=O)[O-])cc4)C(c4ccc(OC(=O)c5ccccc5)cc4)C3C2=O)cc1. The average molecular weight is 550 g/mol. The van der Waals surface area contributed by atoms with E-state index in [4.69, 9.17) is 9.57 Å². The monoisotopic (exact) mass is 549 g/mol. The third-order valence-corrected chi connectivity index (χ3v) is 7.16. The third kappa shape index (κ3) is 4.70. The summed E-state index contributed by atoms with van der Waals surface area (Å²) in [5, 5.41) is 12.6. The van der Waals surface area contributed by atoms with Crippen LogP contribution in [0.5, 0.6) is 5.75 Å². The highest BCUT2D eigenvalue weighted by atomic mass is 16.7. The Morgan fingerprint density at radius 3 is 2.10 bits per heavy atom. The molecule has 2 saturated heterocycles. The second-order valence-corrected chi connectivity index (χ2v) is 9.77. The Hall–Kier alpha value is -5.35. The minimum absolute atomic E-state index is 0.105. The molecular formula is C31H23N3O7. The normalized spacial score (nSPS) is 19.8. The molecule has 3 atom stereocenters. The van der Waals surface area contributed by atoms with Crippen molar-refractivity contribution in [3.63, 3.8) is 0 Å². The smallest absolute Gasteiger partial charge is 0.343 e. The van der Waals surface area contributed by atoms with E-state index >= 15 is 0 Å². The van der Waals surface area contributed by atoms with Crippen LogP contribution in [0.2, 0.25) is 0 Å². The Morgan fingerprint density at radius 2 is 1.46 bits per heavy atom. The Bertz CT molecular complexity index is 1640. The molecule has 0 saturated carbocycles. The van der Waals surface area contributed by atoms with E-state index in [9.17, 15) is 24.5 Å². The van der Waals surface area contributed by atoms with Crippen molar-refractivity contribution in [1.82, 2.24) is 0 Å². The number of nitrogens with zero attached hydrogens (tertiary/aromatic N) is 3. The summed E-state index contributed by atoms with van der Waals surface area (Å²) in [4.78, 5) is 57.7. The van der Waals surface area contributed by atoms with Crippen molar-refractivity contribution >= 4 is 34.8 Å². The summed E-state index contributed by atoms with van der Waals surface area (Å²) >= 11 is 0. The number of imide groups is 1. The van der Waals surface area contributed by atoms with Crippen LogP contribution in [0.1, 0.15) is 27.5 Å². The van der Waals surface area contributed by atoms with Gasteiger partial charge in [-0.25, -0.2) is 14.8 Å². The fourth-order valence-electron chi connectivity index (χ4n) is 5.12. The molecule has 2 heterocycles. The van der Waals surface area contributed by atoms with Crippen molar-refractivity contribution in [1.29, 1.82) is 0 Å². The summed E-state index contributed by atoms with van der Waals surface area (Å²) in [5.74, 6) is -2.02. The van der Waals surface area contributed by atoms with Crippen LogP contribution >= 0.6 is 0 Å². The molecule has 2 aliphatic heterocycles. The summed E-state index contributed by atoms with van der Waals surface area (Å²) in [7, 11) is 0. The van der Waals surface area contributed by atoms with Crippen LogP contribution in [0, 0.1) is 23.0 Å². The van der Waals surface area contributed by atoms with Gasteiger partial charge in [0.2, 0.25) is 5.91 Å². The number of ether oxygens (including phenoxy) is 1. The van der Waals surface area contributed by atoms with Gasteiger partial charge in [-0.15, -0.1) is 0 Å².